The number of aliphatic hydroxyl groups excluding tert-OH is 1. The molecular weight excluding hydrogens is 248 g/mol. The second-order valence-electron chi connectivity index (χ2n) is 4.38. The van der Waals surface area contributed by atoms with Crippen molar-refractivity contribution >= 4 is 16.3 Å². The van der Waals surface area contributed by atoms with E-state index in [0.717, 1.165) is 23.5 Å². The summed E-state index contributed by atoms with van der Waals surface area (Å²) in [6.07, 6.45) is 5.85. The molecule has 2 atom stereocenters. The van der Waals surface area contributed by atoms with Gasteiger partial charge in [0.2, 0.25) is 0 Å². The number of rotatable bonds is 7. The van der Waals surface area contributed by atoms with Crippen LogP contribution in [0.4, 0.5) is 0 Å². The summed E-state index contributed by atoms with van der Waals surface area (Å²) >= 11 is 1.60. The molecular formula is C13H20N2O2S. The number of aromatic nitrogens is 2. The van der Waals surface area contributed by atoms with Crippen molar-refractivity contribution in [2.24, 2.45) is 0 Å². The number of thiazole rings is 1. The number of hydrogen-bond acceptors (Lipinski definition) is 4. The fraction of sp³-hybridized carbons (Fsp3) is 0.615. The van der Waals surface area contributed by atoms with Crippen molar-refractivity contribution in [1.82, 2.24) is 9.38 Å². The average molecular weight is 268 g/mol. The molecule has 4 nitrogen and oxygen atoms in total. The summed E-state index contributed by atoms with van der Waals surface area (Å²) in [7, 11) is 0. The third-order valence-electron chi connectivity index (χ3n) is 2.94. The van der Waals surface area contributed by atoms with E-state index in [4.69, 9.17) is 4.74 Å². The number of nitrogens with zero attached hydrogens (tertiary/aromatic N) is 2. The molecule has 18 heavy (non-hydrogen) atoms. The van der Waals surface area contributed by atoms with Crippen LogP contribution in [0.25, 0.3) is 4.96 Å². The van der Waals surface area contributed by atoms with Crippen molar-refractivity contribution in [3.63, 3.8) is 0 Å². The van der Waals surface area contributed by atoms with E-state index in [0.29, 0.717) is 13.0 Å². The number of fused-ring (bicyclic) bond motifs is 1. The molecule has 0 aromatic carbocycles. The van der Waals surface area contributed by atoms with Gasteiger partial charge in [0.05, 0.1) is 17.9 Å². The first-order valence-electron chi connectivity index (χ1n) is 6.45. The molecule has 2 aromatic heterocycles. The molecule has 0 saturated carbocycles. The molecule has 2 rings (SSSR count). The highest BCUT2D eigenvalue weighted by atomic mass is 32.1. The lowest BCUT2D eigenvalue weighted by Gasteiger charge is -2.21. The molecule has 2 aromatic rings. The van der Waals surface area contributed by atoms with Crippen molar-refractivity contribution in [3.8, 4) is 0 Å². The van der Waals surface area contributed by atoms with Gasteiger partial charge in [0.1, 0.15) is 0 Å². The van der Waals surface area contributed by atoms with Crippen molar-refractivity contribution in [1.29, 1.82) is 0 Å². The Bertz CT molecular complexity index is 445. The van der Waals surface area contributed by atoms with Crippen LogP contribution in [-0.2, 0) is 11.2 Å². The van der Waals surface area contributed by atoms with Gasteiger partial charge in [0.15, 0.2) is 4.96 Å². The Balaban J connectivity index is 2.00. The average Bonchev–Trinajstić information content (AvgIpc) is 2.89. The summed E-state index contributed by atoms with van der Waals surface area (Å²) in [5.74, 6) is 0. The van der Waals surface area contributed by atoms with Gasteiger partial charge in [-0.2, -0.15) is 0 Å². The fourth-order valence-electron chi connectivity index (χ4n) is 2.11. The van der Waals surface area contributed by atoms with Gasteiger partial charge in [-0.3, -0.25) is 4.40 Å². The summed E-state index contributed by atoms with van der Waals surface area (Å²) < 4.78 is 7.58. The summed E-state index contributed by atoms with van der Waals surface area (Å²) in [6.45, 7) is 4.70. The zero-order chi connectivity index (χ0) is 13.0. The molecule has 0 fully saturated rings. The van der Waals surface area contributed by atoms with Crippen molar-refractivity contribution in [2.75, 3.05) is 6.61 Å². The molecule has 0 spiro atoms. The Morgan fingerprint density at radius 3 is 3.00 bits per heavy atom. The van der Waals surface area contributed by atoms with E-state index in [2.05, 4.69) is 11.9 Å². The van der Waals surface area contributed by atoms with Crippen LogP contribution in [0.2, 0.25) is 0 Å². The van der Waals surface area contributed by atoms with E-state index in [1.807, 2.05) is 29.1 Å². The lowest BCUT2D eigenvalue weighted by molar-refractivity contribution is -0.0366. The molecule has 5 heteroatoms. The smallest absolute Gasteiger partial charge is 0.193 e. The topological polar surface area (TPSA) is 46.8 Å². The standard InChI is InChI=1S/C13H20N2O2S/c1-3-5-12(17-4-2)11(16)8-10-9-15-6-7-18-13(15)14-10/h6-7,9,11-12,16H,3-5,8H2,1-2H3. The molecule has 2 heterocycles. The van der Waals surface area contributed by atoms with Gasteiger partial charge >= 0.3 is 0 Å². The maximum atomic E-state index is 10.2. The first kappa shape index (κ1) is 13.5. The minimum Gasteiger partial charge on any atom is -0.390 e. The van der Waals surface area contributed by atoms with Crippen LogP contribution in [-0.4, -0.2) is 33.3 Å². The Kier molecular flexibility index (Phi) is 4.74. The molecule has 0 amide bonds. The molecule has 1 N–H and O–H groups in total. The first-order chi connectivity index (χ1) is 8.74. The van der Waals surface area contributed by atoms with Crippen LogP contribution in [0.15, 0.2) is 17.8 Å². The second kappa shape index (κ2) is 6.31. The van der Waals surface area contributed by atoms with Gasteiger partial charge in [-0.15, -0.1) is 11.3 Å². The van der Waals surface area contributed by atoms with E-state index < -0.39 is 6.10 Å². The number of hydrogen-bond donors (Lipinski definition) is 1. The summed E-state index contributed by atoms with van der Waals surface area (Å²) in [5.41, 5.74) is 0.926. The van der Waals surface area contributed by atoms with Gasteiger partial charge in [0, 0.05) is 30.8 Å². The zero-order valence-electron chi connectivity index (χ0n) is 10.9. The van der Waals surface area contributed by atoms with Crippen molar-refractivity contribution in [3.05, 3.63) is 23.5 Å². The fourth-order valence-corrected chi connectivity index (χ4v) is 2.82. The third-order valence-corrected chi connectivity index (χ3v) is 3.72. The number of imidazole rings is 1. The van der Waals surface area contributed by atoms with Crippen LogP contribution in [0.3, 0.4) is 0 Å². The maximum absolute atomic E-state index is 10.2. The summed E-state index contributed by atoms with van der Waals surface area (Å²) in [6, 6.07) is 0. The molecule has 100 valence electrons. The van der Waals surface area contributed by atoms with E-state index in [1.54, 1.807) is 11.3 Å². The highest BCUT2D eigenvalue weighted by Gasteiger charge is 2.20. The Morgan fingerprint density at radius 1 is 1.50 bits per heavy atom. The molecule has 0 aliphatic carbocycles. The number of ether oxygens (including phenoxy) is 1. The quantitative estimate of drug-likeness (QED) is 0.839. The van der Waals surface area contributed by atoms with Gasteiger partial charge < -0.3 is 9.84 Å². The summed E-state index contributed by atoms with van der Waals surface area (Å²) in [4.78, 5) is 5.45. The first-order valence-corrected chi connectivity index (χ1v) is 7.33. The van der Waals surface area contributed by atoms with Gasteiger partial charge in [-0.05, 0) is 13.3 Å². The van der Waals surface area contributed by atoms with Crippen LogP contribution in [0.1, 0.15) is 32.4 Å². The second-order valence-corrected chi connectivity index (χ2v) is 5.25. The minimum atomic E-state index is -0.477. The zero-order valence-corrected chi connectivity index (χ0v) is 11.7. The lowest BCUT2D eigenvalue weighted by atomic mass is 10.0. The highest BCUT2D eigenvalue weighted by Crippen LogP contribution is 2.16. The van der Waals surface area contributed by atoms with Gasteiger partial charge in [-0.25, -0.2) is 4.98 Å². The molecule has 0 aliphatic heterocycles. The lowest BCUT2D eigenvalue weighted by Crippen LogP contribution is -2.31. The Labute approximate surface area is 111 Å². The molecule has 0 saturated heterocycles. The molecule has 0 aliphatic rings. The van der Waals surface area contributed by atoms with Crippen molar-refractivity contribution < 1.29 is 9.84 Å². The third kappa shape index (κ3) is 3.10. The van der Waals surface area contributed by atoms with E-state index in [-0.39, 0.29) is 6.10 Å². The van der Waals surface area contributed by atoms with Crippen LogP contribution >= 0.6 is 11.3 Å². The molecule has 0 radical (unpaired) electrons. The number of aliphatic hydroxyl groups is 1. The van der Waals surface area contributed by atoms with Crippen LogP contribution in [0, 0.1) is 0 Å². The van der Waals surface area contributed by atoms with Crippen LogP contribution in [0.5, 0.6) is 0 Å². The van der Waals surface area contributed by atoms with Crippen LogP contribution < -0.4 is 0 Å². The minimum absolute atomic E-state index is 0.0836. The Morgan fingerprint density at radius 2 is 2.33 bits per heavy atom. The summed E-state index contributed by atoms with van der Waals surface area (Å²) in [5, 5.41) is 12.2. The SMILES string of the molecule is CCCC(OCC)C(O)Cc1cn2ccsc2n1. The normalized spacial score (nSPS) is 15.1. The molecule has 0 bridgehead atoms. The monoisotopic (exact) mass is 268 g/mol. The maximum Gasteiger partial charge on any atom is 0.193 e. The van der Waals surface area contributed by atoms with Gasteiger partial charge in [0.25, 0.3) is 0 Å². The van der Waals surface area contributed by atoms with Gasteiger partial charge in [-0.1, -0.05) is 13.3 Å². The largest absolute Gasteiger partial charge is 0.390 e. The van der Waals surface area contributed by atoms with E-state index in [9.17, 15) is 5.11 Å². The highest BCUT2D eigenvalue weighted by molar-refractivity contribution is 7.15. The Hall–Kier alpha value is -0.910. The van der Waals surface area contributed by atoms with E-state index >= 15 is 0 Å². The predicted octanol–water partition coefficient (Wildman–Crippen LogP) is 2.50. The van der Waals surface area contributed by atoms with E-state index in [1.165, 1.54) is 0 Å². The predicted molar refractivity (Wildman–Crippen MR) is 73.1 cm³/mol. The molecule has 2 unspecified atom stereocenters. The van der Waals surface area contributed by atoms with Crippen molar-refractivity contribution in [2.45, 2.75) is 45.3 Å².